The third-order valence-electron chi connectivity index (χ3n) is 6.12. The molecule has 0 N–H and O–H groups in total. The Morgan fingerprint density at radius 2 is 2.09 bits per heavy atom. The highest BCUT2D eigenvalue weighted by Crippen LogP contribution is 2.39. The zero-order valence-electron chi connectivity index (χ0n) is 18.9. The van der Waals surface area contributed by atoms with Gasteiger partial charge in [-0.1, -0.05) is 24.3 Å². The maximum Gasteiger partial charge on any atom is 0.174 e. The van der Waals surface area contributed by atoms with Gasteiger partial charge in [-0.25, -0.2) is 19.0 Å². The second-order valence-electron chi connectivity index (χ2n) is 8.33. The number of hydrogen-bond donors (Lipinski definition) is 0. The van der Waals surface area contributed by atoms with Crippen LogP contribution in [0.15, 0.2) is 55.0 Å². The Hall–Kier alpha value is -4.25. The van der Waals surface area contributed by atoms with Crippen molar-refractivity contribution < 1.29 is 9.13 Å². The minimum absolute atomic E-state index is 0.368. The van der Waals surface area contributed by atoms with Gasteiger partial charge >= 0.3 is 0 Å². The summed E-state index contributed by atoms with van der Waals surface area (Å²) in [5, 5.41) is 14.7. The molecule has 170 valence electrons. The molecule has 7 nitrogen and oxygen atoms in total. The smallest absolute Gasteiger partial charge is 0.174 e. The van der Waals surface area contributed by atoms with Gasteiger partial charge in [-0.15, -0.1) is 0 Å². The highest BCUT2D eigenvalue weighted by Gasteiger charge is 2.42. The lowest BCUT2D eigenvalue weighted by atomic mass is 9.75. The average molecular weight is 455 g/mol. The Morgan fingerprint density at radius 1 is 1.21 bits per heavy atom. The van der Waals surface area contributed by atoms with Crippen molar-refractivity contribution in [3.63, 3.8) is 0 Å². The van der Waals surface area contributed by atoms with Crippen molar-refractivity contribution >= 4 is 12.2 Å². The van der Waals surface area contributed by atoms with Crippen molar-refractivity contribution in [1.29, 1.82) is 5.26 Å². The third-order valence-corrected chi connectivity index (χ3v) is 6.12. The molecule has 0 aliphatic carbocycles. The molecule has 3 heterocycles. The highest BCUT2D eigenvalue weighted by molar-refractivity contribution is 5.69. The molecule has 0 amide bonds. The van der Waals surface area contributed by atoms with Crippen LogP contribution in [-0.4, -0.2) is 31.4 Å². The molecule has 0 radical (unpaired) electrons. The lowest BCUT2D eigenvalue weighted by Crippen LogP contribution is -2.34. The summed E-state index contributed by atoms with van der Waals surface area (Å²) in [6.07, 6.45) is 8.74. The van der Waals surface area contributed by atoms with Gasteiger partial charge in [-0.05, 0) is 61.2 Å². The van der Waals surface area contributed by atoms with Crippen molar-refractivity contribution in [2.24, 2.45) is 0 Å². The van der Waals surface area contributed by atoms with E-state index in [0.29, 0.717) is 35.9 Å². The molecule has 1 aliphatic heterocycles. The van der Waals surface area contributed by atoms with Gasteiger partial charge in [-0.2, -0.15) is 10.4 Å². The van der Waals surface area contributed by atoms with E-state index in [1.807, 2.05) is 48.0 Å². The van der Waals surface area contributed by atoms with Crippen molar-refractivity contribution in [2.45, 2.75) is 31.7 Å². The molecular formula is C26H23FN6O. The van der Waals surface area contributed by atoms with E-state index in [1.165, 1.54) is 12.1 Å². The van der Waals surface area contributed by atoms with Gasteiger partial charge in [0.25, 0.3) is 0 Å². The number of fused-ring (bicyclic) bond motifs is 1. The Morgan fingerprint density at radius 3 is 2.82 bits per heavy atom. The topological polar surface area (TPSA) is 81.5 Å². The molecule has 34 heavy (non-hydrogen) atoms. The summed E-state index contributed by atoms with van der Waals surface area (Å²) in [6.45, 7) is 2.61. The molecule has 4 aromatic rings. The maximum absolute atomic E-state index is 13.9. The highest BCUT2D eigenvalue weighted by atomic mass is 19.1. The van der Waals surface area contributed by atoms with Crippen LogP contribution in [0.2, 0.25) is 0 Å². The Labute approximate surface area is 196 Å². The number of rotatable bonds is 5. The first-order chi connectivity index (χ1) is 16.5. The summed E-state index contributed by atoms with van der Waals surface area (Å²) in [5.41, 5.74) is 2.32. The van der Waals surface area contributed by atoms with E-state index in [1.54, 1.807) is 30.3 Å². The maximum atomic E-state index is 13.9. The number of nitriles is 1. The number of nitrogens with zero attached hydrogens (tertiary/aromatic N) is 6. The zero-order valence-corrected chi connectivity index (χ0v) is 18.9. The van der Waals surface area contributed by atoms with Gasteiger partial charge in [0, 0.05) is 12.7 Å². The number of benzene rings is 2. The normalized spacial score (nSPS) is 17.5. The monoisotopic (exact) mass is 454 g/mol. The first-order valence-corrected chi connectivity index (χ1v) is 11.0. The van der Waals surface area contributed by atoms with Crippen LogP contribution in [-0.2, 0) is 12.0 Å². The fourth-order valence-electron chi connectivity index (χ4n) is 4.44. The lowest BCUT2D eigenvalue weighted by molar-refractivity contribution is 0.392. The Kier molecular flexibility index (Phi) is 5.46. The molecule has 0 spiro atoms. The van der Waals surface area contributed by atoms with Crippen molar-refractivity contribution in [3.8, 4) is 17.5 Å². The SMILES string of the molecule is COc1cc(C=Cc2nc3n(n2)CCCC3(C#N)c2cccc(F)c2)ccc1-n1cnc(C)c1. The molecule has 2 aromatic heterocycles. The number of hydrogen-bond acceptors (Lipinski definition) is 5. The van der Waals surface area contributed by atoms with Gasteiger partial charge in [0.1, 0.15) is 17.0 Å². The quantitative estimate of drug-likeness (QED) is 0.437. The fourth-order valence-corrected chi connectivity index (χ4v) is 4.44. The van der Waals surface area contributed by atoms with E-state index in [9.17, 15) is 9.65 Å². The molecule has 1 unspecified atom stereocenters. The molecule has 0 fully saturated rings. The lowest BCUT2D eigenvalue weighted by Gasteiger charge is -2.30. The van der Waals surface area contributed by atoms with Gasteiger partial charge < -0.3 is 9.30 Å². The minimum atomic E-state index is -1.02. The largest absolute Gasteiger partial charge is 0.495 e. The predicted molar refractivity (Wildman–Crippen MR) is 126 cm³/mol. The Balaban J connectivity index is 1.47. The predicted octanol–water partition coefficient (Wildman–Crippen LogP) is 4.69. The van der Waals surface area contributed by atoms with E-state index in [2.05, 4.69) is 21.1 Å². The third kappa shape index (κ3) is 3.75. The van der Waals surface area contributed by atoms with Crippen LogP contribution < -0.4 is 4.74 Å². The second-order valence-corrected chi connectivity index (χ2v) is 8.33. The number of aryl methyl sites for hydroxylation is 2. The van der Waals surface area contributed by atoms with E-state index < -0.39 is 5.41 Å². The summed E-state index contributed by atoms with van der Waals surface area (Å²) in [7, 11) is 1.63. The first-order valence-electron chi connectivity index (χ1n) is 11.0. The number of aromatic nitrogens is 5. The van der Waals surface area contributed by atoms with Crippen molar-refractivity contribution in [2.75, 3.05) is 7.11 Å². The summed E-state index contributed by atoms with van der Waals surface area (Å²) in [4.78, 5) is 8.96. The fraction of sp³-hybridized carbons (Fsp3) is 0.231. The molecule has 8 heteroatoms. The van der Waals surface area contributed by atoms with Crippen LogP contribution in [0.3, 0.4) is 0 Å². The molecule has 2 aromatic carbocycles. The van der Waals surface area contributed by atoms with E-state index in [0.717, 1.165) is 23.4 Å². The number of imidazole rings is 1. The zero-order chi connectivity index (χ0) is 23.7. The van der Waals surface area contributed by atoms with Crippen LogP contribution in [0.4, 0.5) is 4.39 Å². The van der Waals surface area contributed by atoms with Crippen LogP contribution >= 0.6 is 0 Å². The first kappa shape index (κ1) is 21.6. The molecule has 1 aliphatic rings. The average Bonchev–Trinajstić information content (AvgIpc) is 3.48. The molecular weight excluding hydrogens is 431 g/mol. The van der Waals surface area contributed by atoms with E-state index in [-0.39, 0.29) is 5.82 Å². The van der Waals surface area contributed by atoms with Gasteiger partial charge in [0.15, 0.2) is 11.6 Å². The van der Waals surface area contributed by atoms with Gasteiger partial charge in [0.2, 0.25) is 0 Å². The number of methoxy groups -OCH3 is 1. The molecule has 0 saturated carbocycles. The Bertz CT molecular complexity index is 1430. The number of ether oxygens (including phenoxy) is 1. The summed E-state index contributed by atoms with van der Waals surface area (Å²) >= 11 is 0. The van der Waals surface area contributed by atoms with Gasteiger partial charge in [0.05, 0.1) is 30.9 Å². The van der Waals surface area contributed by atoms with Crippen LogP contribution in [0.5, 0.6) is 5.75 Å². The second kappa shape index (κ2) is 8.60. The van der Waals surface area contributed by atoms with E-state index in [4.69, 9.17) is 4.74 Å². The van der Waals surface area contributed by atoms with Crippen molar-refractivity contribution in [1.82, 2.24) is 24.3 Å². The van der Waals surface area contributed by atoms with Crippen LogP contribution in [0, 0.1) is 24.1 Å². The molecule has 0 bridgehead atoms. The molecule has 1 atom stereocenters. The molecule has 0 saturated heterocycles. The summed E-state index contributed by atoms with van der Waals surface area (Å²) < 4.78 is 23.2. The minimum Gasteiger partial charge on any atom is -0.495 e. The van der Waals surface area contributed by atoms with Crippen LogP contribution in [0.1, 0.15) is 41.3 Å². The van der Waals surface area contributed by atoms with Crippen molar-refractivity contribution in [3.05, 3.63) is 89.3 Å². The summed E-state index contributed by atoms with van der Waals surface area (Å²) in [6, 6.07) is 14.5. The standard InChI is InChI=1S/C26H23FN6O/c1-18-15-32(17-29-18)22-9-7-19(13-23(22)34-2)8-10-24-30-25-26(16-28,11-4-12-33(25)31-24)20-5-3-6-21(27)14-20/h3,5-10,13-15,17H,4,11-12H2,1-2H3. The summed E-state index contributed by atoms with van der Waals surface area (Å²) in [5.74, 6) is 1.40. The van der Waals surface area contributed by atoms with Gasteiger partial charge in [-0.3, -0.25) is 0 Å². The van der Waals surface area contributed by atoms with Crippen LogP contribution in [0.25, 0.3) is 17.8 Å². The number of halogens is 1. The van der Waals surface area contributed by atoms with E-state index >= 15 is 0 Å². The molecule has 5 rings (SSSR count).